The standard InChI is InChI=1S/C4H6O2.C3H4O2.Ca/c1-3(2)4(5)6;1-2-3(4)5;/h1H2,2H3,(H,5,6);2H,1H2,(H,4,5);/q;;+2/p-2. The van der Waals surface area contributed by atoms with Crippen LogP contribution in [0.25, 0.3) is 0 Å². The third-order valence-electron chi connectivity index (χ3n) is 0.515. The number of hydrogen-bond donors (Lipinski definition) is 0. The normalized spacial score (nSPS) is 6.42. The van der Waals surface area contributed by atoms with E-state index in [9.17, 15) is 9.90 Å². The van der Waals surface area contributed by atoms with Crippen LogP contribution >= 0.6 is 0 Å². The van der Waals surface area contributed by atoms with Crippen molar-refractivity contribution in [3.63, 3.8) is 0 Å². The third kappa shape index (κ3) is 22.6. The van der Waals surface area contributed by atoms with E-state index in [4.69, 9.17) is 9.90 Å². The van der Waals surface area contributed by atoms with Crippen LogP contribution in [0.1, 0.15) is 6.92 Å². The molecule has 0 aromatic carbocycles. The van der Waals surface area contributed by atoms with Crippen LogP contribution in [-0.4, -0.2) is 49.7 Å². The Morgan fingerprint density at radius 1 is 1.33 bits per heavy atom. The molecule has 0 radical (unpaired) electrons. The molecule has 0 bridgehead atoms. The average molecular weight is 196 g/mol. The van der Waals surface area contributed by atoms with Gasteiger partial charge in [-0.3, -0.25) is 0 Å². The number of carbonyl (C=O) groups is 2. The predicted molar refractivity (Wildman–Crippen MR) is 40.8 cm³/mol. The van der Waals surface area contributed by atoms with Crippen LogP contribution in [-0.2, 0) is 9.59 Å². The summed E-state index contributed by atoms with van der Waals surface area (Å²) in [7, 11) is 0. The molecule has 0 N–H and O–H groups in total. The van der Waals surface area contributed by atoms with Gasteiger partial charge in [0.2, 0.25) is 0 Å². The molecular formula is C7H8CaO4. The molecular weight excluding hydrogens is 188 g/mol. The Morgan fingerprint density at radius 3 is 1.50 bits per heavy atom. The summed E-state index contributed by atoms with van der Waals surface area (Å²) in [6.07, 6.45) is 0.722. The minimum Gasteiger partial charge on any atom is -0.545 e. The van der Waals surface area contributed by atoms with Crippen molar-refractivity contribution in [2.75, 3.05) is 0 Å². The molecule has 0 saturated carbocycles. The summed E-state index contributed by atoms with van der Waals surface area (Å²) < 4.78 is 0. The first kappa shape index (κ1) is 17.7. The summed E-state index contributed by atoms with van der Waals surface area (Å²) in [5, 5.41) is 18.6. The van der Waals surface area contributed by atoms with E-state index in [0.29, 0.717) is 0 Å². The molecule has 4 nitrogen and oxygen atoms in total. The first-order valence-corrected chi connectivity index (χ1v) is 2.62. The molecule has 0 aliphatic carbocycles. The van der Waals surface area contributed by atoms with E-state index in [1.54, 1.807) is 0 Å². The van der Waals surface area contributed by atoms with Crippen molar-refractivity contribution in [3.8, 4) is 0 Å². The van der Waals surface area contributed by atoms with Gasteiger partial charge in [-0.15, -0.1) is 0 Å². The fourth-order valence-corrected chi connectivity index (χ4v) is 0. The second-order valence-electron chi connectivity index (χ2n) is 1.59. The average Bonchev–Trinajstić information content (AvgIpc) is 1.89. The van der Waals surface area contributed by atoms with Crippen LogP contribution in [0.2, 0.25) is 0 Å². The summed E-state index contributed by atoms with van der Waals surface area (Å²) in [6.45, 7) is 7.38. The van der Waals surface area contributed by atoms with Crippen molar-refractivity contribution in [1.29, 1.82) is 0 Å². The van der Waals surface area contributed by atoms with E-state index >= 15 is 0 Å². The monoisotopic (exact) mass is 196 g/mol. The van der Waals surface area contributed by atoms with Gasteiger partial charge >= 0.3 is 37.7 Å². The van der Waals surface area contributed by atoms with Crippen molar-refractivity contribution < 1.29 is 19.8 Å². The Labute approximate surface area is 101 Å². The molecule has 0 aliphatic heterocycles. The topological polar surface area (TPSA) is 80.3 Å². The van der Waals surface area contributed by atoms with Gasteiger partial charge in [0, 0.05) is 0 Å². The number of carbonyl (C=O) groups excluding carboxylic acids is 2. The van der Waals surface area contributed by atoms with Gasteiger partial charge in [0.05, 0.1) is 11.9 Å². The Bertz CT molecular complexity index is 174. The first-order valence-electron chi connectivity index (χ1n) is 2.62. The number of hydrogen-bond acceptors (Lipinski definition) is 4. The van der Waals surface area contributed by atoms with E-state index < -0.39 is 11.9 Å². The van der Waals surface area contributed by atoms with E-state index in [1.807, 2.05) is 0 Å². The number of rotatable bonds is 2. The number of carboxylic acids is 2. The molecule has 0 aromatic heterocycles. The zero-order valence-electron chi connectivity index (χ0n) is 6.83. The molecule has 0 amide bonds. The second-order valence-corrected chi connectivity index (χ2v) is 1.59. The van der Waals surface area contributed by atoms with Crippen LogP contribution in [0.15, 0.2) is 24.8 Å². The van der Waals surface area contributed by atoms with E-state index in [0.717, 1.165) is 6.08 Å². The smallest absolute Gasteiger partial charge is 0.545 e. The molecule has 12 heavy (non-hydrogen) atoms. The van der Waals surface area contributed by atoms with Gasteiger partial charge in [0.15, 0.2) is 0 Å². The summed E-state index contributed by atoms with van der Waals surface area (Å²) >= 11 is 0. The Kier molecular flexibility index (Phi) is 15.7. The van der Waals surface area contributed by atoms with Gasteiger partial charge in [-0.25, -0.2) is 0 Å². The zero-order valence-corrected chi connectivity index (χ0v) is 9.04. The molecule has 0 saturated heterocycles. The maximum atomic E-state index is 9.49. The molecule has 0 aromatic rings. The van der Waals surface area contributed by atoms with Gasteiger partial charge in [-0.05, 0) is 18.6 Å². The van der Waals surface area contributed by atoms with Crippen molar-refractivity contribution in [3.05, 3.63) is 24.8 Å². The Morgan fingerprint density at radius 2 is 1.50 bits per heavy atom. The number of carboxylic acid groups (broad SMARTS) is 2. The van der Waals surface area contributed by atoms with Gasteiger partial charge in [-0.2, -0.15) is 0 Å². The van der Waals surface area contributed by atoms with Crippen LogP contribution in [0.3, 0.4) is 0 Å². The van der Waals surface area contributed by atoms with Crippen molar-refractivity contribution >= 4 is 49.7 Å². The van der Waals surface area contributed by atoms with Gasteiger partial charge in [0.25, 0.3) is 0 Å². The van der Waals surface area contributed by atoms with Crippen molar-refractivity contribution in [1.82, 2.24) is 0 Å². The maximum absolute atomic E-state index is 9.49. The van der Waals surface area contributed by atoms with E-state index in [1.165, 1.54) is 6.92 Å². The van der Waals surface area contributed by atoms with Gasteiger partial charge in [0.1, 0.15) is 0 Å². The molecule has 0 unspecified atom stereocenters. The molecule has 0 heterocycles. The molecule has 0 fully saturated rings. The Hall–Kier alpha value is -0.320. The maximum Gasteiger partial charge on any atom is 2.00 e. The minimum atomic E-state index is -1.23. The molecule has 0 rings (SSSR count). The van der Waals surface area contributed by atoms with Crippen molar-refractivity contribution in [2.45, 2.75) is 6.92 Å². The summed E-state index contributed by atoms with van der Waals surface area (Å²) in [6, 6.07) is 0. The summed E-state index contributed by atoms with van der Waals surface area (Å²) in [5.74, 6) is -2.42. The second kappa shape index (κ2) is 10.7. The fraction of sp³-hybridized carbons (Fsp3) is 0.143. The van der Waals surface area contributed by atoms with Crippen LogP contribution in [0, 0.1) is 0 Å². The molecule has 0 atom stereocenters. The minimum absolute atomic E-state index is 0. The van der Waals surface area contributed by atoms with Crippen LogP contribution in [0.5, 0.6) is 0 Å². The van der Waals surface area contributed by atoms with Crippen molar-refractivity contribution in [2.24, 2.45) is 0 Å². The van der Waals surface area contributed by atoms with Gasteiger partial charge < -0.3 is 19.8 Å². The van der Waals surface area contributed by atoms with E-state index in [2.05, 4.69) is 13.2 Å². The fourth-order valence-electron chi connectivity index (χ4n) is 0. The number of aliphatic carboxylic acids is 2. The van der Waals surface area contributed by atoms with Crippen LogP contribution in [0.4, 0.5) is 0 Å². The van der Waals surface area contributed by atoms with Crippen LogP contribution < -0.4 is 10.2 Å². The summed E-state index contributed by atoms with van der Waals surface area (Å²) in [5.41, 5.74) is 0.0648. The van der Waals surface area contributed by atoms with Gasteiger partial charge in [-0.1, -0.05) is 13.2 Å². The third-order valence-corrected chi connectivity index (χ3v) is 0.515. The first-order chi connectivity index (χ1) is 4.91. The SMILES string of the molecule is C=C(C)C(=O)[O-].C=CC(=O)[O-].[Ca+2]. The molecule has 62 valence electrons. The largest absolute Gasteiger partial charge is 2.00 e. The van der Waals surface area contributed by atoms with E-state index in [-0.39, 0.29) is 43.3 Å². The molecule has 0 spiro atoms. The summed E-state index contributed by atoms with van der Waals surface area (Å²) in [4.78, 5) is 18.6. The predicted octanol–water partition coefficient (Wildman–Crippen LogP) is -2.15. The molecule has 0 aliphatic rings. The molecule has 5 heteroatoms. The Balaban J connectivity index is -0.000000126. The quantitative estimate of drug-likeness (QED) is 0.372. The zero-order chi connectivity index (χ0) is 9.44.